The molecule has 182 valence electrons. The molecule has 0 amide bonds. The average molecular weight is 491 g/mol. The molecule has 5 aromatic rings. The molecule has 5 rings (SSSR count). The zero-order valence-electron chi connectivity index (χ0n) is 20.6. The van der Waals surface area contributed by atoms with Gasteiger partial charge in [0.05, 0.1) is 27.8 Å². The number of nitrogens with zero attached hydrogens (tertiary/aromatic N) is 4. The highest BCUT2D eigenvalue weighted by Crippen LogP contribution is 2.30. The van der Waals surface area contributed by atoms with E-state index in [2.05, 4.69) is 95.8 Å². The predicted octanol–water partition coefficient (Wildman–Crippen LogP) is 5.70. The first kappa shape index (κ1) is 24.6. The molecule has 0 atom stereocenters. The van der Waals surface area contributed by atoms with E-state index in [9.17, 15) is 8.42 Å². The lowest BCUT2D eigenvalue weighted by Gasteiger charge is -2.05. The SMILES string of the molecule is CCCS(=O)(=O)O.Cc1ccc(-c2nc3ccc(-c4ccc5c(c4)nc(C)n5C)cc3n2C)cc1. The number of benzene rings is 3. The summed E-state index contributed by atoms with van der Waals surface area (Å²) in [4.78, 5) is 9.53. The predicted molar refractivity (Wildman–Crippen MR) is 142 cm³/mol. The number of aryl methyl sites for hydroxylation is 4. The molecular formula is C27H30N4O3S. The van der Waals surface area contributed by atoms with E-state index in [0.717, 1.165) is 39.3 Å². The number of aromatic nitrogens is 4. The third kappa shape index (κ3) is 5.28. The first-order valence-electron chi connectivity index (χ1n) is 11.5. The molecule has 0 fully saturated rings. The number of hydrogen-bond acceptors (Lipinski definition) is 4. The Morgan fingerprint density at radius 3 is 2.03 bits per heavy atom. The minimum absolute atomic E-state index is 0.132. The molecule has 2 heterocycles. The van der Waals surface area contributed by atoms with Crippen LogP contribution in [0, 0.1) is 13.8 Å². The van der Waals surface area contributed by atoms with Crippen LogP contribution in [-0.2, 0) is 24.2 Å². The zero-order valence-corrected chi connectivity index (χ0v) is 21.5. The van der Waals surface area contributed by atoms with Gasteiger partial charge >= 0.3 is 0 Å². The van der Waals surface area contributed by atoms with E-state index in [-0.39, 0.29) is 5.75 Å². The van der Waals surface area contributed by atoms with Gasteiger partial charge in [-0.15, -0.1) is 0 Å². The third-order valence-electron chi connectivity index (χ3n) is 6.09. The summed E-state index contributed by atoms with van der Waals surface area (Å²) in [5.41, 5.74) is 9.07. The Hall–Kier alpha value is -3.49. The maximum absolute atomic E-state index is 9.79. The molecule has 3 aromatic carbocycles. The molecule has 0 spiro atoms. The van der Waals surface area contributed by atoms with Crippen LogP contribution in [0.5, 0.6) is 0 Å². The molecule has 0 aliphatic carbocycles. The number of fused-ring (bicyclic) bond motifs is 2. The van der Waals surface area contributed by atoms with Crippen LogP contribution in [0.1, 0.15) is 24.7 Å². The maximum Gasteiger partial charge on any atom is 0.264 e. The Kier molecular flexibility index (Phi) is 6.78. The number of rotatable bonds is 4. The Bertz CT molecular complexity index is 1610. The molecule has 0 aliphatic rings. The summed E-state index contributed by atoms with van der Waals surface area (Å²) in [7, 11) is 0.463. The van der Waals surface area contributed by atoms with Crippen LogP contribution in [-0.4, -0.2) is 37.8 Å². The quantitative estimate of drug-likeness (QED) is 0.327. The van der Waals surface area contributed by atoms with E-state index in [1.807, 2.05) is 6.92 Å². The average Bonchev–Trinajstić information content (AvgIpc) is 3.29. The fourth-order valence-corrected chi connectivity index (χ4v) is 4.60. The first-order valence-corrected chi connectivity index (χ1v) is 13.1. The smallest absolute Gasteiger partial charge is 0.264 e. The molecular weight excluding hydrogens is 460 g/mol. The summed E-state index contributed by atoms with van der Waals surface area (Å²) < 4.78 is 31.9. The normalized spacial score (nSPS) is 11.6. The van der Waals surface area contributed by atoms with E-state index in [0.29, 0.717) is 6.42 Å². The van der Waals surface area contributed by atoms with Gasteiger partial charge in [0.1, 0.15) is 11.6 Å². The standard InChI is InChI=1S/C24H22N4.C3H8O3S/c1-15-5-7-17(8-6-15)24-26-20-11-9-19(14-23(20)28(24)4)18-10-12-22-21(13-18)25-16(2)27(22)3;1-2-3-7(4,5)6/h5-14H,1-4H3;2-3H2,1H3,(H,4,5,6). The maximum atomic E-state index is 9.79. The monoisotopic (exact) mass is 490 g/mol. The molecule has 2 aromatic heterocycles. The second-order valence-electron chi connectivity index (χ2n) is 8.77. The molecule has 0 aliphatic heterocycles. The van der Waals surface area contributed by atoms with Crippen LogP contribution in [0.15, 0.2) is 60.7 Å². The summed E-state index contributed by atoms with van der Waals surface area (Å²) in [6.07, 6.45) is 0.471. The van der Waals surface area contributed by atoms with Crippen molar-refractivity contribution in [3.63, 3.8) is 0 Å². The van der Waals surface area contributed by atoms with Crippen LogP contribution in [0.4, 0.5) is 0 Å². The summed E-state index contributed by atoms with van der Waals surface area (Å²) >= 11 is 0. The van der Waals surface area contributed by atoms with Gasteiger partial charge in [0.15, 0.2) is 0 Å². The van der Waals surface area contributed by atoms with E-state index in [1.165, 1.54) is 16.7 Å². The second-order valence-corrected chi connectivity index (χ2v) is 10.3. The van der Waals surface area contributed by atoms with E-state index in [1.54, 1.807) is 6.92 Å². The third-order valence-corrected chi connectivity index (χ3v) is 7.01. The van der Waals surface area contributed by atoms with Gasteiger partial charge in [-0.3, -0.25) is 4.55 Å². The summed E-state index contributed by atoms with van der Waals surface area (Å²) in [6.45, 7) is 5.83. The Morgan fingerprint density at radius 2 is 1.40 bits per heavy atom. The summed E-state index contributed by atoms with van der Waals surface area (Å²) in [5, 5.41) is 0. The van der Waals surface area contributed by atoms with Crippen molar-refractivity contribution in [2.24, 2.45) is 14.1 Å². The largest absolute Gasteiger partial charge is 0.331 e. The van der Waals surface area contributed by atoms with Gasteiger partial charge in [0.25, 0.3) is 10.1 Å². The van der Waals surface area contributed by atoms with Gasteiger partial charge in [-0.1, -0.05) is 48.9 Å². The van der Waals surface area contributed by atoms with Gasteiger partial charge in [0, 0.05) is 19.7 Å². The van der Waals surface area contributed by atoms with Gasteiger partial charge in [-0.05, 0) is 55.7 Å². The first-order chi connectivity index (χ1) is 16.6. The molecule has 0 radical (unpaired) electrons. The van der Waals surface area contributed by atoms with Crippen molar-refractivity contribution in [1.82, 2.24) is 19.1 Å². The molecule has 0 saturated carbocycles. The molecule has 0 saturated heterocycles. The summed E-state index contributed by atoms with van der Waals surface area (Å²) in [6, 6.07) is 21.5. The van der Waals surface area contributed by atoms with Gasteiger partial charge in [-0.25, -0.2) is 9.97 Å². The highest BCUT2D eigenvalue weighted by molar-refractivity contribution is 7.85. The Balaban J connectivity index is 0.000000364. The molecule has 0 bridgehead atoms. The lowest BCUT2D eigenvalue weighted by Crippen LogP contribution is -2.01. The lowest BCUT2D eigenvalue weighted by molar-refractivity contribution is 0.482. The van der Waals surface area contributed by atoms with Crippen LogP contribution >= 0.6 is 0 Å². The summed E-state index contributed by atoms with van der Waals surface area (Å²) in [5.74, 6) is 1.88. The zero-order chi connectivity index (χ0) is 25.3. The topological polar surface area (TPSA) is 90.0 Å². The fraction of sp³-hybridized carbons (Fsp3) is 0.259. The Morgan fingerprint density at radius 1 is 0.771 bits per heavy atom. The molecule has 8 heteroatoms. The van der Waals surface area contributed by atoms with Crippen LogP contribution in [0.3, 0.4) is 0 Å². The van der Waals surface area contributed by atoms with Crippen molar-refractivity contribution >= 4 is 32.2 Å². The van der Waals surface area contributed by atoms with Gasteiger partial charge in [-0.2, -0.15) is 8.42 Å². The second kappa shape index (κ2) is 9.64. The number of imidazole rings is 2. The van der Waals surface area contributed by atoms with Crippen molar-refractivity contribution in [3.8, 4) is 22.5 Å². The molecule has 0 unspecified atom stereocenters. The minimum Gasteiger partial charge on any atom is -0.331 e. The van der Waals surface area contributed by atoms with E-state index < -0.39 is 10.1 Å². The van der Waals surface area contributed by atoms with Gasteiger partial charge < -0.3 is 9.13 Å². The molecule has 1 N–H and O–H groups in total. The molecule has 35 heavy (non-hydrogen) atoms. The van der Waals surface area contributed by atoms with Crippen molar-refractivity contribution in [2.75, 3.05) is 5.75 Å². The number of hydrogen-bond donors (Lipinski definition) is 1. The lowest BCUT2D eigenvalue weighted by atomic mass is 10.0. The van der Waals surface area contributed by atoms with Crippen LogP contribution < -0.4 is 0 Å². The Labute approximate surface area is 205 Å². The van der Waals surface area contributed by atoms with Crippen molar-refractivity contribution in [3.05, 3.63) is 72.1 Å². The van der Waals surface area contributed by atoms with Gasteiger partial charge in [0.2, 0.25) is 0 Å². The van der Waals surface area contributed by atoms with Crippen LogP contribution in [0.25, 0.3) is 44.6 Å². The minimum atomic E-state index is -3.67. The van der Waals surface area contributed by atoms with Crippen molar-refractivity contribution in [1.29, 1.82) is 0 Å². The van der Waals surface area contributed by atoms with Crippen molar-refractivity contribution in [2.45, 2.75) is 27.2 Å². The highest BCUT2D eigenvalue weighted by Gasteiger charge is 2.12. The van der Waals surface area contributed by atoms with Crippen molar-refractivity contribution < 1.29 is 13.0 Å². The van der Waals surface area contributed by atoms with E-state index in [4.69, 9.17) is 9.54 Å². The van der Waals surface area contributed by atoms with Crippen LogP contribution in [0.2, 0.25) is 0 Å². The fourth-order valence-electron chi connectivity index (χ4n) is 4.09. The highest BCUT2D eigenvalue weighted by atomic mass is 32.2. The van der Waals surface area contributed by atoms with E-state index >= 15 is 0 Å². The molecule has 7 nitrogen and oxygen atoms in total.